The van der Waals surface area contributed by atoms with Gasteiger partial charge in [-0.2, -0.15) is 0 Å². The zero-order valence-electron chi connectivity index (χ0n) is 17.1. The number of hydrogen-bond donors (Lipinski definition) is 2. The number of amides is 2. The van der Waals surface area contributed by atoms with Gasteiger partial charge in [-0.15, -0.1) is 5.10 Å². The molecule has 0 unspecified atom stereocenters. The van der Waals surface area contributed by atoms with E-state index in [1.54, 1.807) is 31.5 Å². The van der Waals surface area contributed by atoms with Gasteiger partial charge in [0.05, 0.1) is 13.7 Å². The van der Waals surface area contributed by atoms with E-state index in [2.05, 4.69) is 15.7 Å². The van der Waals surface area contributed by atoms with Crippen molar-refractivity contribution in [1.82, 2.24) is 19.5 Å². The number of aromatic nitrogens is 3. The number of ether oxygens (including phenoxy) is 1. The van der Waals surface area contributed by atoms with Gasteiger partial charge in [-0.25, -0.2) is 14.3 Å². The average Bonchev–Trinajstić information content (AvgIpc) is 3.10. The molecule has 0 saturated carbocycles. The molecule has 2 amide bonds. The van der Waals surface area contributed by atoms with Crippen LogP contribution in [0.3, 0.4) is 0 Å². The number of anilines is 1. The lowest BCUT2D eigenvalue weighted by atomic mass is 10.1. The molecular weight excluding hydrogens is 394 g/mol. The maximum atomic E-state index is 12.5. The minimum atomic E-state index is -0.294. The van der Waals surface area contributed by atoms with Gasteiger partial charge in [0.15, 0.2) is 5.65 Å². The third-order valence-corrected chi connectivity index (χ3v) is 4.88. The van der Waals surface area contributed by atoms with E-state index in [4.69, 9.17) is 4.74 Å². The highest BCUT2D eigenvalue weighted by Gasteiger charge is 2.08. The molecular formula is C23H23N5O3. The molecule has 0 aliphatic heterocycles. The molecule has 8 nitrogen and oxygen atoms in total. The molecule has 0 spiro atoms. The van der Waals surface area contributed by atoms with Crippen molar-refractivity contribution < 1.29 is 9.53 Å². The fourth-order valence-electron chi connectivity index (χ4n) is 3.39. The lowest BCUT2D eigenvalue weighted by molar-refractivity contribution is 0.252. The molecule has 0 saturated heterocycles. The first-order valence-corrected chi connectivity index (χ1v) is 9.94. The zero-order chi connectivity index (χ0) is 21.6. The Morgan fingerprint density at radius 3 is 2.74 bits per heavy atom. The van der Waals surface area contributed by atoms with Crippen molar-refractivity contribution in [2.75, 3.05) is 19.0 Å². The molecule has 2 aromatic heterocycles. The van der Waals surface area contributed by atoms with Gasteiger partial charge in [-0.1, -0.05) is 36.4 Å². The van der Waals surface area contributed by atoms with Gasteiger partial charge in [0, 0.05) is 18.4 Å². The van der Waals surface area contributed by atoms with Crippen LogP contribution in [-0.4, -0.2) is 33.9 Å². The van der Waals surface area contributed by atoms with Crippen LogP contribution in [-0.2, 0) is 13.0 Å². The van der Waals surface area contributed by atoms with Crippen LogP contribution >= 0.6 is 0 Å². The fraction of sp³-hybridized carbons (Fsp3) is 0.174. The van der Waals surface area contributed by atoms with E-state index in [-0.39, 0.29) is 11.7 Å². The summed E-state index contributed by atoms with van der Waals surface area (Å²) in [6, 6.07) is 20.2. The molecule has 8 heteroatoms. The highest BCUT2D eigenvalue weighted by molar-refractivity contribution is 5.89. The van der Waals surface area contributed by atoms with E-state index >= 15 is 0 Å². The molecule has 0 atom stereocenters. The molecule has 2 N–H and O–H groups in total. The topological polar surface area (TPSA) is 89.7 Å². The summed E-state index contributed by atoms with van der Waals surface area (Å²) < 4.78 is 8.23. The van der Waals surface area contributed by atoms with Crippen molar-refractivity contribution in [3.63, 3.8) is 0 Å². The lowest BCUT2D eigenvalue weighted by Crippen LogP contribution is -2.30. The molecule has 4 rings (SSSR count). The summed E-state index contributed by atoms with van der Waals surface area (Å²) in [5.74, 6) is 0.805. The van der Waals surface area contributed by atoms with E-state index in [1.807, 2.05) is 48.5 Å². The quantitative estimate of drug-likeness (QED) is 0.484. The Balaban J connectivity index is 1.36. The van der Waals surface area contributed by atoms with Crippen molar-refractivity contribution in [1.29, 1.82) is 0 Å². The number of para-hydroxylation sites is 1. The first-order valence-electron chi connectivity index (χ1n) is 9.94. The molecule has 4 aromatic rings. The van der Waals surface area contributed by atoms with Crippen molar-refractivity contribution in [3.8, 4) is 5.75 Å². The number of fused-ring (bicyclic) bond motifs is 1. The molecule has 2 heterocycles. The van der Waals surface area contributed by atoms with E-state index in [1.165, 1.54) is 9.08 Å². The van der Waals surface area contributed by atoms with Crippen molar-refractivity contribution in [3.05, 3.63) is 94.5 Å². The number of benzene rings is 2. The molecule has 0 bridgehead atoms. The number of urea groups is 1. The molecule has 2 aromatic carbocycles. The summed E-state index contributed by atoms with van der Waals surface area (Å²) in [6.45, 7) is 0.786. The van der Waals surface area contributed by atoms with E-state index in [0.29, 0.717) is 30.8 Å². The second-order valence-corrected chi connectivity index (χ2v) is 7.01. The number of nitrogens with one attached hydrogen (secondary N) is 2. The Morgan fingerprint density at radius 1 is 1.06 bits per heavy atom. The smallest absolute Gasteiger partial charge is 0.350 e. The van der Waals surface area contributed by atoms with Gasteiger partial charge < -0.3 is 15.4 Å². The van der Waals surface area contributed by atoms with Crippen LogP contribution in [0.15, 0.2) is 77.7 Å². The summed E-state index contributed by atoms with van der Waals surface area (Å²) >= 11 is 0. The largest absolute Gasteiger partial charge is 0.496 e. The Morgan fingerprint density at radius 2 is 1.90 bits per heavy atom. The van der Waals surface area contributed by atoms with Gasteiger partial charge in [0.1, 0.15) is 5.75 Å². The second kappa shape index (κ2) is 9.17. The number of methoxy groups -OCH3 is 1. The minimum Gasteiger partial charge on any atom is -0.496 e. The average molecular weight is 417 g/mol. The van der Waals surface area contributed by atoms with Crippen molar-refractivity contribution in [2.45, 2.75) is 13.0 Å². The highest BCUT2D eigenvalue weighted by Crippen LogP contribution is 2.17. The van der Waals surface area contributed by atoms with Gasteiger partial charge >= 0.3 is 11.7 Å². The molecule has 31 heavy (non-hydrogen) atoms. The molecule has 0 aliphatic carbocycles. The number of carbonyl (C=O) groups excluding carboxylic acids is 1. The van der Waals surface area contributed by atoms with Gasteiger partial charge in [-0.05, 0) is 47.9 Å². The Labute approximate surface area is 179 Å². The summed E-state index contributed by atoms with van der Waals surface area (Å²) in [4.78, 5) is 24.7. The van der Waals surface area contributed by atoms with Crippen molar-refractivity contribution in [2.24, 2.45) is 0 Å². The van der Waals surface area contributed by atoms with E-state index < -0.39 is 0 Å². The number of nitrogens with zero attached hydrogens (tertiary/aromatic N) is 3. The fourth-order valence-corrected chi connectivity index (χ4v) is 3.39. The van der Waals surface area contributed by atoms with Gasteiger partial charge in [-0.3, -0.25) is 4.40 Å². The second-order valence-electron chi connectivity index (χ2n) is 7.01. The Hall–Kier alpha value is -4.07. The first kappa shape index (κ1) is 20.2. The Kier molecular flexibility index (Phi) is 5.98. The minimum absolute atomic E-state index is 0.206. The maximum Gasteiger partial charge on any atom is 0.350 e. The molecule has 0 radical (unpaired) electrons. The SMILES string of the molecule is COc1ccccc1CCNC(=O)Nc1cccc(Cn2nc3ccccn3c2=O)c1. The monoisotopic (exact) mass is 417 g/mol. The van der Waals surface area contributed by atoms with Crippen LogP contribution in [0.2, 0.25) is 0 Å². The third-order valence-electron chi connectivity index (χ3n) is 4.88. The zero-order valence-corrected chi connectivity index (χ0v) is 17.1. The van der Waals surface area contributed by atoms with Crippen LogP contribution in [0.4, 0.5) is 10.5 Å². The Bertz CT molecular complexity index is 1260. The van der Waals surface area contributed by atoms with Crippen LogP contribution in [0.25, 0.3) is 5.65 Å². The predicted octanol–water partition coefficient (Wildman–Crippen LogP) is 2.92. The molecule has 0 fully saturated rings. The van der Waals surface area contributed by atoms with Gasteiger partial charge in [0.25, 0.3) is 0 Å². The first-order chi connectivity index (χ1) is 15.1. The molecule has 158 valence electrons. The van der Waals surface area contributed by atoms with Crippen LogP contribution in [0.1, 0.15) is 11.1 Å². The molecule has 0 aliphatic rings. The third kappa shape index (κ3) is 4.75. The normalized spacial score (nSPS) is 10.7. The number of hydrogen-bond acceptors (Lipinski definition) is 4. The maximum absolute atomic E-state index is 12.5. The lowest BCUT2D eigenvalue weighted by Gasteiger charge is -2.11. The van der Waals surface area contributed by atoms with Crippen molar-refractivity contribution >= 4 is 17.4 Å². The standard InChI is InChI=1S/C23H23N5O3/c1-31-20-10-3-2-8-18(20)12-13-24-22(29)25-19-9-6-7-17(15-19)16-28-23(30)27-14-5-4-11-21(27)26-28/h2-11,14-15H,12-13,16H2,1H3,(H2,24,25,29). The van der Waals surface area contributed by atoms with Gasteiger partial charge in [0.2, 0.25) is 0 Å². The predicted molar refractivity (Wildman–Crippen MR) is 119 cm³/mol. The van der Waals surface area contributed by atoms with Crippen LogP contribution < -0.4 is 21.1 Å². The van der Waals surface area contributed by atoms with E-state index in [9.17, 15) is 9.59 Å². The van der Waals surface area contributed by atoms with Crippen LogP contribution in [0.5, 0.6) is 5.75 Å². The highest BCUT2D eigenvalue weighted by atomic mass is 16.5. The number of rotatable bonds is 7. The number of pyridine rings is 1. The summed E-state index contributed by atoms with van der Waals surface area (Å²) in [6.07, 6.45) is 2.35. The summed E-state index contributed by atoms with van der Waals surface area (Å²) in [5, 5.41) is 10.0. The van der Waals surface area contributed by atoms with Crippen LogP contribution in [0, 0.1) is 0 Å². The number of carbonyl (C=O) groups is 1. The van der Waals surface area contributed by atoms with E-state index in [0.717, 1.165) is 16.9 Å². The summed E-state index contributed by atoms with van der Waals surface area (Å²) in [7, 11) is 1.63. The summed E-state index contributed by atoms with van der Waals surface area (Å²) in [5.41, 5.74) is 2.92.